The predicted octanol–water partition coefficient (Wildman–Crippen LogP) is 4.10. The second-order valence-corrected chi connectivity index (χ2v) is 7.08. The number of alkyl halides is 9. The highest BCUT2D eigenvalue weighted by atomic mass is 32.2. The van der Waals surface area contributed by atoms with Crippen LogP contribution < -0.4 is 4.72 Å². The van der Waals surface area contributed by atoms with Crippen molar-refractivity contribution in [2.75, 3.05) is 0 Å². The van der Waals surface area contributed by atoms with Gasteiger partial charge in [-0.2, -0.15) is 52.7 Å². The minimum atomic E-state index is -5.62. The minimum Gasteiger partial charge on any atom is -0.223 e. The van der Waals surface area contributed by atoms with Gasteiger partial charge in [0.05, 0.1) is 16.6 Å². The fourth-order valence-corrected chi connectivity index (χ4v) is 3.81. The van der Waals surface area contributed by atoms with Crippen LogP contribution in [0.3, 0.4) is 0 Å². The summed E-state index contributed by atoms with van der Waals surface area (Å²) in [5, 5.41) is 0. The zero-order chi connectivity index (χ0) is 21.7. The van der Waals surface area contributed by atoms with Gasteiger partial charge in [0.2, 0.25) is 5.82 Å². The molecule has 158 valence electrons. The van der Waals surface area contributed by atoms with Crippen LogP contribution in [0.4, 0.5) is 39.5 Å². The quantitative estimate of drug-likeness (QED) is 0.724. The van der Waals surface area contributed by atoms with Gasteiger partial charge in [-0.3, -0.25) is 0 Å². The van der Waals surface area contributed by atoms with Crippen LogP contribution in [0.25, 0.3) is 11.0 Å². The Bertz CT molecular complexity index is 974. The Labute approximate surface area is 151 Å². The van der Waals surface area contributed by atoms with Gasteiger partial charge in [-0.1, -0.05) is 6.92 Å². The van der Waals surface area contributed by atoms with Gasteiger partial charge in [-0.05, 0) is 24.6 Å². The average Bonchev–Trinajstić information content (AvgIpc) is 2.90. The number of aromatic nitrogens is 2. The van der Waals surface area contributed by atoms with E-state index >= 15 is 0 Å². The summed E-state index contributed by atoms with van der Waals surface area (Å²) < 4.78 is 141. The van der Waals surface area contributed by atoms with Crippen molar-refractivity contribution in [2.45, 2.75) is 37.9 Å². The molecule has 1 N–H and O–H groups in total. The van der Waals surface area contributed by atoms with Crippen LogP contribution in [0, 0.1) is 0 Å². The maximum atomic E-state index is 13.2. The van der Waals surface area contributed by atoms with Crippen LogP contribution in [0.5, 0.6) is 0 Å². The molecule has 15 heteroatoms. The zero-order valence-corrected chi connectivity index (χ0v) is 14.4. The molecule has 0 radical (unpaired) electrons. The molecule has 1 unspecified atom stereocenters. The summed E-state index contributed by atoms with van der Waals surface area (Å²) in [6.45, 7) is 0.916. The molecule has 0 aliphatic carbocycles. The number of nitrogens with one attached hydrogen (secondary N) is 1. The van der Waals surface area contributed by atoms with Gasteiger partial charge in [-0.25, -0.2) is 8.96 Å². The number of benzene rings is 1. The molecular formula is C13H10F9N3O2S. The van der Waals surface area contributed by atoms with Crippen LogP contribution in [0.1, 0.15) is 24.7 Å². The fourth-order valence-electron chi connectivity index (χ4n) is 2.27. The topological polar surface area (TPSA) is 64.0 Å². The normalized spacial score (nSPS) is 15.2. The average molecular weight is 443 g/mol. The highest BCUT2D eigenvalue weighted by molar-refractivity contribution is 7.88. The molecule has 1 aromatic heterocycles. The van der Waals surface area contributed by atoms with Gasteiger partial charge in [0.15, 0.2) is 0 Å². The van der Waals surface area contributed by atoms with Crippen LogP contribution in [-0.2, 0) is 22.6 Å². The number of fused-ring (bicyclic) bond motifs is 1. The van der Waals surface area contributed by atoms with E-state index in [-0.39, 0.29) is 6.07 Å². The van der Waals surface area contributed by atoms with E-state index < -0.39 is 67.6 Å². The summed E-state index contributed by atoms with van der Waals surface area (Å²) in [7, 11) is -5.62. The van der Waals surface area contributed by atoms with E-state index in [9.17, 15) is 47.9 Å². The molecule has 28 heavy (non-hydrogen) atoms. The van der Waals surface area contributed by atoms with E-state index in [0.29, 0.717) is 12.1 Å². The van der Waals surface area contributed by atoms with Gasteiger partial charge in [0.25, 0.3) is 0 Å². The van der Waals surface area contributed by atoms with Gasteiger partial charge < -0.3 is 0 Å². The number of imidazole rings is 1. The molecule has 0 fully saturated rings. The molecule has 1 atom stereocenters. The van der Waals surface area contributed by atoms with Gasteiger partial charge in [0.1, 0.15) is 6.04 Å². The number of rotatable bonds is 4. The largest absolute Gasteiger partial charge is 0.450 e. The summed E-state index contributed by atoms with van der Waals surface area (Å²) in [6, 6.07) is -1.85. The number of halogens is 9. The minimum absolute atomic E-state index is 0.0609. The molecule has 5 nitrogen and oxygen atoms in total. The lowest BCUT2D eigenvalue weighted by molar-refractivity contribution is -0.151. The van der Waals surface area contributed by atoms with E-state index in [1.54, 1.807) is 0 Å². The molecule has 2 aromatic rings. The van der Waals surface area contributed by atoms with Crippen LogP contribution >= 0.6 is 0 Å². The first-order valence-corrected chi connectivity index (χ1v) is 8.69. The van der Waals surface area contributed by atoms with Crippen LogP contribution in [0.15, 0.2) is 18.2 Å². The monoisotopic (exact) mass is 443 g/mol. The van der Waals surface area contributed by atoms with Gasteiger partial charge in [0, 0.05) is 0 Å². The predicted molar refractivity (Wildman–Crippen MR) is 77.3 cm³/mol. The third-order valence-corrected chi connectivity index (χ3v) is 4.96. The lowest BCUT2D eigenvalue weighted by atomic mass is 10.2. The molecule has 1 heterocycles. The third-order valence-electron chi connectivity index (χ3n) is 3.53. The maximum Gasteiger partial charge on any atom is 0.450 e. The molecule has 0 saturated heterocycles. The van der Waals surface area contributed by atoms with Crippen LogP contribution in [-0.4, -0.2) is 29.6 Å². The Morgan fingerprint density at radius 2 is 1.61 bits per heavy atom. The van der Waals surface area contributed by atoms with E-state index in [1.807, 2.05) is 0 Å². The first-order chi connectivity index (χ1) is 12.5. The van der Waals surface area contributed by atoms with Crippen molar-refractivity contribution in [3.05, 3.63) is 29.6 Å². The van der Waals surface area contributed by atoms with E-state index in [4.69, 9.17) is 0 Å². The van der Waals surface area contributed by atoms with Crippen molar-refractivity contribution in [3.8, 4) is 0 Å². The van der Waals surface area contributed by atoms with Crippen molar-refractivity contribution >= 4 is 21.2 Å². The highest BCUT2D eigenvalue weighted by Crippen LogP contribution is 2.36. The lowest BCUT2D eigenvalue weighted by Gasteiger charge is -2.21. The van der Waals surface area contributed by atoms with Crippen molar-refractivity contribution in [2.24, 2.45) is 0 Å². The standard InChI is InChI=1S/C13H10F9N3O2S/c1-2-9(12(17,18)19)24-28(26,27)25-8-5-6(11(14,15)16)3-4-7(8)23-10(25)13(20,21)22/h3-5,9,24H,2H2,1H3. The molecule has 1 aromatic carbocycles. The Morgan fingerprint density at radius 1 is 1.04 bits per heavy atom. The van der Waals surface area contributed by atoms with Gasteiger partial charge in [-0.15, -0.1) is 0 Å². The van der Waals surface area contributed by atoms with Crippen molar-refractivity contribution < 1.29 is 47.9 Å². The van der Waals surface area contributed by atoms with Crippen molar-refractivity contribution in [1.29, 1.82) is 0 Å². The van der Waals surface area contributed by atoms with Crippen LogP contribution in [0.2, 0.25) is 0 Å². The second-order valence-electron chi connectivity index (χ2n) is 5.52. The molecule has 0 bridgehead atoms. The van der Waals surface area contributed by atoms with Crippen molar-refractivity contribution in [3.63, 3.8) is 0 Å². The number of nitrogens with zero attached hydrogens (tertiary/aromatic N) is 2. The van der Waals surface area contributed by atoms with E-state index in [2.05, 4.69) is 4.98 Å². The Hall–Kier alpha value is -2.03. The third kappa shape index (κ3) is 4.34. The molecule has 0 aliphatic rings. The lowest BCUT2D eigenvalue weighted by Crippen LogP contribution is -2.47. The number of hydrogen-bond acceptors (Lipinski definition) is 3. The van der Waals surface area contributed by atoms with Gasteiger partial charge >= 0.3 is 28.7 Å². The zero-order valence-electron chi connectivity index (χ0n) is 13.5. The van der Waals surface area contributed by atoms with E-state index in [1.165, 1.54) is 0 Å². The molecule has 0 spiro atoms. The Balaban J connectivity index is 2.78. The molecule has 0 saturated carbocycles. The Morgan fingerprint density at radius 3 is 2.04 bits per heavy atom. The molecular weight excluding hydrogens is 433 g/mol. The smallest absolute Gasteiger partial charge is 0.223 e. The summed E-state index contributed by atoms with van der Waals surface area (Å²) in [4.78, 5) is 2.94. The summed E-state index contributed by atoms with van der Waals surface area (Å²) in [6.07, 6.45) is -16.5. The first kappa shape index (κ1) is 22.3. The summed E-state index contributed by atoms with van der Waals surface area (Å²) in [5.74, 6) is -2.19. The first-order valence-electron chi connectivity index (χ1n) is 7.25. The number of hydrogen-bond donors (Lipinski definition) is 1. The molecule has 0 amide bonds. The summed E-state index contributed by atoms with van der Waals surface area (Å²) in [5.41, 5.74) is -3.48. The SMILES string of the molecule is CCC(NS(=O)(=O)n1c(C(F)(F)F)nc2ccc(C(F)(F)F)cc21)C(F)(F)F. The van der Waals surface area contributed by atoms with E-state index in [0.717, 1.165) is 11.6 Å². The second kappa shape index (κ2) is 6.79. The van der Waals surface area contributed by atoms with Crippen molar-refractivity contribution in [1.82, 2.24) is 13.7 Å². The highest BCUT2D eigenvalue weighted by Gasteiger charge is 2.45. The molecule has 2 rings (SSSR count). The summed E-state index contributed by atoms with van der Waals surface area (Å²) >= 11 is 0. The Kier molecular flexibility index (Phi) is 5.40. The fraction of sp³-hybridized carbons (Fsp3) is 0.462. The maximum absolute atomic E-state index is 13.2. The molecule has 0 aliphatic heterocycles.